The number of hydrogen-bond acceptors (Lipinski definition) is 3. The molecule has 2 heterocycles. The van der Waals surface area contributed by atoms with Gasteiger partial charge >= 0.3 is 0 Å². The third-order valence-electron chi connectivity index (χ3n) is 4.62. The summed E-state index contributed by atoms with van der Waals surface area (Å²) in [4.78, 5) is 2.68. The van der Waals surface area contributed by atoms with Crippen molar-refractivity contribution in [2.45, 2.75) is 44.3 Å². The van der Waals surface area contributed by atoms with Crippen molar-refractivity contribution in [2.75, 3.05) is 11.9 Å². The molecule has 2 atom stereocenters. The normalized spacial score (nSPS) is 26.1. The van der Waals surface area contributed by atoms with Crippen molar-refractivity contribution in [1.29, 1.82) is 0 Å². The summed E-state index contributed by atoms with van der Waals surface area (Å²) < 4.78 is 1.90. The van der Waals surface area contributed by atoms with E-state index in [4.69, 9.17) is 0 Å². The first-order chi connectivity index (χ1) is 10.3. The maximum Gasteiger partial charge on any atom is 0.0666 e. The van der Waals surface area contributed by atoms with Gasteiger partial charge in [-0.15, -0.1) is 0 Å². The van der Waals surface area contributed by atoms with E-state index in [1.165, 1.54) is 31.5 Å². The third kappa shape index (κ3) is 2.68. The molecule has 110 valence electrons. The van der Waals surface area contributed by atoms with E-state index in [0.717, 1.165) is 11.7 Å². The number of likely N-dealkylation sites (tertiary alicyclic amines) is 1. The molecule has 1 aromatic carbocycles. The molecule has 0 spiro atoms. The van der Waals surface area contributed by atoms with Gasteiger partial charge in [-0.3, -0.25) is 4.90 Å². The zero-order valence-corrected chi connectivity index (χ0v) is 12.4. The highest BCUT2D eigenvalue weighted by Gasteiger charge is 2.38. The van der Waals surface area contributed by atoms with Crippen molar-refractivity contribution < 1.29 is 0 Å². The molecule has 4 nitrogen and oxygen atoms in total. The molecule has 1 aliphatic carbocycles. The maximum atomic E-state index is 4.30. The molecular weight excluding hydrogens is 260 g/mol. The Labute approximate surface area is 125 Å². The van der Waals surface area contributed by atoms with Gasteiger partial charge in [0.05, 0.1) is 5.69 Å². The lowest BCUT2D eigenvalue weighted by Gasteiger charge is -2.20. The summed E-state index contributed by atoms with van der Waals surface area (Å²) >= 11 is 0. The molecule has 2 unspecified atom stereocenters. The largest absolute Gasteiger partial charge is 0.381 e. The van der Waals surface area contributed by atoms with E-state index in [9.17, 15) is 0 Å². The van der Waals surface area contributed by atoms with Gasteiger partial charge < -0.3 is 5.32 Å². The second-order valence-electron chi connectivity index (χ2n) is 6.35. The molecule has 1 saturated heterocycles. The van der Waals surface area contributed by atoms with Crippen molar-refractivity contribution in [1.82, 2.24) is 14.7 Å². The van der Waals surface area contributed by atoms with Crippen LogP contribution in [0.4, 0.5) is 5.69 Å². The lowest BCUT2D eigenvalue weighted by atomic mass is 10.2. The van der Waals surface area contributed by atoms with Crippen LogP contribution < -0.4 is 5.32 Å². The van der Waals surface area contributed by atoms with Crippen molar-refractivity contribution in [2.24, 2.45) is 0 Å². The van der Waals surface area contributed by atoms with Crippen LogP contribution in [0.25, 0.3) is 5.69 Å². The van der Waals surface area contributed by atoms with Gasteiger partial charge in [-0.05, 0) is 50.5 Å². The molecule has 1 aromatic heterocycles. The zero-order chi connectivity index (χ0) is 14.2. The van der Waals surface area contributed by atoms with E-state index in [-0.39, 0.29) is 0 Å². The van der Waals surface area contributed by atoms with Crippen LogP contribution in [0.15, 0.2) is 42.7 Å². The first-order valence-electron chi connectivity index (χ1n) is 7.92. The Morgan fingerprint density at radius 3 is 2.90 bits per heavy atom. The highest BCUT2D eigenvalue weighted by molar-refractivity contribution is 5.51. The van der Waals surface area contributed by atoms with Crippen molar-refractivity contribution in [3.8, 4) is 5.69 Å². The zero-order valence-electron chi connectivity index (χ0n) is 12.4. The Bertz CT molecular complexity index is 603. The molecule has 4 rings (SSSR count). The van der Waals surface area contributed by atoms with Gasteiger partial charge in [0.15, 0.2) is 0 Å². The maximum absolute atomic E-state index is 4.30. The summed E-state index contributed by atoms with van der Waals surface area (Å²) in [5, 5.41) is 8.00. The van der Waals surface area contributed by atoms with E-state index in [0.29, 0.717) is 12.1 Å². The number of rotatable bonds is 4. The fourth-order valence-corrected chi connectivity index (χ4v) is 3.47. The number of hydrogen-bond donors (Lipinski definition) is 1. The van der Waals surface area contributed by atoms with Crippen LogP contribution in [-0.2, 0) is 0 Å². The minimum atomic E-state index is 0.563. The average molecular weight is 282 g/mol. The third-order valence-corrected chi connectivity index (χ3v) is 4.62. The smallest absolute Gasteiger partial charge is 0.0666 e. The van der Waals surface area contributed by atoms with Gasteiger partial charge in [0.25, 0.3) is 0 Å². The monoisotopic (exact) mass is 282 g/mol. The fraction of sp³-hybridized carbons (Fsp3) is 0.471. The second-order valence-corrected chi connectivity index (χ2v) is 6.35. The van der Waals surface area contributed by atoms with E-state index in [2.05, 4.69) is 46.5 Å². The summed E-state index contributed by atoms with van der Waals surface area (Å²) in [6, 6.07) is 12.6. The fourth-order valence-electron chi connectivity index (χ4n) is 3.47. The van der Waals surface area contributed by atoms with Crippen LogP contribution in [0.5, 0.6) is 0 Å². The number of nitrogens with one attached hydrogen (secondary N) is 1. The second kappa shape index (κ2) is 5.19. The van der Waals surface area contributed by atoms with E-state index in [1.54, 1.807) is 0 Å². The van der Waals surface area contributed by atoms with Gasteiger partial charge in [0.1, 0.15) is 0 Å². The van der Waals surface area contributed by atoms with Crippen LogP contribution in [0.2, 0.25) is 0 Å². The summed E-state index contributed by atoms with van der Waals surface area (Å²) in [7, 11) is 0. The standard InChI is InChI=1S/C17H22N4/c1-13-10-15(12-20(13)16-6-7-16)19-14-4-2-5-17(11-14)21-9-3-8-18-21/h2-5,8-9,11,13,15-16,19H,6-7,10,12H2,1H3. The molecule has 0 amide bonds. The van der Waals surface area contributed by atoms with E-state index >= 15 is 0 Å². The predicted molar refractivity (Wildman–Crippen MR) is 84.8 cm³/mol. The Morgan fingerprint density at radius 1 is 1.24 bits per heavy atom. The molecule has 2 aromatic rings. The van der Waals surface area contributed by atoms with Gasteiger partial charge in [-0.1, -0.05) is 6.07 Å². The number of nitrogens with zero attached hydrogens (tertiary/aromatic N) is 3. The van der Waals surface area contributed by atoms with Gasteiger partial charge in [0, 0.05) is 42.8 Å². The molecule has 0 radical (unpaired) electrons. The number of anilines is 1. The van der Waals surface area contributed by atoms with Crippen LogP contribution in [0, 0.1) is 0 Å². The molecule has 2 fully saturated rings. The average Bonchev–Trinajstić information content (AvgIpc) is 3.04. The van der Waals surface area contributed by atoms with Crippen molar-refractivity contribution >= 4 is 5.69 Å². The highest BCUT2D eigenvalue weighted by atomic mass is 15.3. The minimum Gasteiger partial charge on any atom is -0.381 e. The quantitative estimate of drug-likeness (QED) is 0.936. The van der Waals surface area contributed by atoms with E-state index in [1.807, 2.05) is 23.1 Å². The summed E-state index contributed by atoms with van der Waals surface area (Å²) in [5.41, 5.74) is 2.30. The molecule has 1 N–H and O–H groups in total. The summed E-state index contributed by atoms with van der Waals surface area (Å²) in [6.45, 7) is 3.54. The first kappa shape index (κ1) is 12.9. The minimum absolute atomic E-state index is 0.563. The molecule has 0 bridgehead atoms. The lowest BCUT2D eigenvalue weighted by molar-refractivity contribution is 0.257. The van der Waals surface area contributed by atoms with Crippen molar-refractivity contribution in [3.05, 3.63) is 42.7 Å². The predicted octanol–water partition coefficient (Wildman–Crippen LogP) is 2.91. The van der Waals surface area contributed by atoms with Gasteiger partial charge in [-0.25, -0.2) is 4.68 Å². The van der Waals surface area contributed by atoms with Gasteiger partial charge in [-0.2, -0.15) is 5.10 Å². The molecule has 4 heteroatoms. The van der Waals surface area contributed by atoms with Crippen LogP contribution in [0.3, 0.4) is 0 Å². The molecule has 1 saturated carbocycles. The summed E-state index contributed by atoms with van der Waals surface area (Å²) in [5.74, 6) is 0. The number of aromatic nitrogens is 2. The Hall–Kier alpha value is -1.81. The highest BCUT2D eigenvalue weighted by Crippen LogP contribution is 2.34. The van der Waals surface area contributed by atoms with Crippen molar-refractivity contribution in [3.63, 3.8) is 0 Å². The Kier molecular flexibility index (Phi) is 3.19. The SMILES string of the molecule is CC1CC(Nc2cccc(-n3cccn3)c2)CN1C1CC1. The van der Waals surface area contributed by atoms with Crippen LogP contribution in [0.1, 0.15) is 26.2 Å². The van der Waals surface area contributed by atoms with Crippen LogP contribution in [-0.4, -0.2) is 39.4 Å². The van der Waals surface area contributed by atoms with Gasteiger partial charge in [0.2, 0.25) is 0 Å². The Balaban J connectivity index is 1.46. The van der Waals surface area contributed by atoms with E-state index < -0.39 is 0 Å². The lowest BCUT2D eigenvalue weighted by Crippen LogP contribution is -2.31. The number of benzene rings is 1. The molecule has 1 aliphatic heterocycles. The molecular formula is C17H22N4. The topological polar surface area (TPSA) is 33.1 Å². The van der Waals surface area contributed by atoms with Crippen LogP contribution >= 0.6 is 0 Å². The Morgan fingerprint density at radius 2 is 2.14 bits per heavy atom. The molecule has 2 aliphatic rings. The first-order valence-corrected chi connectivity index (χ1v) is 7.92. The summed E-state index contributed by atoms with van der Waals surface area (Å²) in [6.07, 6.45) is 7.82. The molecule has 21 heavy (non-hydrogen) atoms.